The van der Waals surface area contributed by atoms with Crippen LogP contribution < -0.4 is 14.4 Å². The average Bonchev–Trinajstić information content (AvgIpc) is 3.27. The van der Waals surface area contributed by atoms with Crippen molar-refractivity contribution in [3.05, 3.63) is 35.9 Å². The third kappa shape index (κ3) is 3.27. The quantitative estimate of drug-likeness (QED) is 0.728. The van der Waals surface area contributed by atoms with Crippen molar-refractivity contribution < 1.29 is 9.47 Å². The predicted molar refractivity (Wildman–Crippen MR) is 111 cm³/mol. The summed E-state index contributed by atoms with van der Waals surface area (Å²) in [5.74, 6) is 2.58. The number of aromatic amines is 1. The minimum atomic E-state index is 0.498. The fourth-order valence-electron chi connectivity index (χ4n) is 4.65. The van der Waals surface area contributed by atoms with Gasteiger partial charge in [-0.2, -0.15) is 0 Å². The molecular formula is C21H26N6O2. The van der Waals surface area contributed by atoms with Gasteiger partial charge in [-0.3, -0.25) is 4.90 Å². The Kier molecular flexibility index (Phi) is 4.71. The van der Waals surface area contributed by atoms with E-state index in [0.717, 1.165) is 67.5 Å². The highest BCUT2D eigenvalue weighted by molar-refractivity contribution is 5.82. The summed E-state index contributed by atoms with van der Waals surface area (Å²) in [6, 6.07) is 4.77. The van der Waals surface area contributed by atoms with Crippen LogP contribution in [0.3, 0.4) is 0 Å². The Morgan fingerprint density at radius 2 is 1.86 bits per heavy atom. The molecule has 0 amide bonds. The van der Waals surface area contributed by atoms with E-state index in [4.69, 9.17) is 9.47 Å². The molecule has 2 aliphatic heterocycles. The van der Waals surface area contributed by atoms with Crippen molar-refractivity contribution in [2.75, 3.05) is 38.8 Å². The smallest absolute Gasteiger partial charge is 0.182 e. The number of benzene rings is 1. The van der Waals surface area contributed by atoms with Gasteiger partial charge in [0, 0.05) is 32.2 Å². The van der Waals surface area contributed by atoms with Gasteiger partial charge in [0.1, 0.15) is 11.8 Å². The number of anilines is 1. The highest BCUT2D eigenvalue weighted by Crippen LogP contribution is 2.34. The summed E-state index contributed by atoms with van der Waals surface area (Å²) in [6.45, 7) is 3.98. The van der Waals surface area contributed by atoms with E-state index >= 15 is 0 Å². The van der Waals surface area contributed by atoms with Crippen molar-refractivity contribution in [2.45, 2.75) is 31.8 Å². The summed E-state index contributed by atoms with van der Waals surface area (Å²) in [6.07, 6.45) is 6.69. The fourth-order valence-corrected chi connectivity index (χ4v) is 4.65. The van der Waals surface area contributed by atoms with Crippen molar-refractivity contribution in [1.29, 1.82) is 0 Å². The fraction of sp³-hybridized carbons (Fsp3) is 0.476. The molecule has 1 atom stereocenters. The molecule has 0 bridgehead atoms. The Labute approximate surface area is 169 Å². The van der Waals surface area contributed by atoms with Gasteiger partial charge >= 0.3 is 0 Å². The van der Waals surface area contributed by atoms with Crippen LogP contribution in [0.4, 0.5) is 5.82 Å². The molecule has 8 heteroatoms. The van der Waals surface area contributed by atoms with Crippen molar-refractivity contribution in [1.82, 2.24) is 24.8 Å². The molecule has 1 N–H and O–H groups in total. The number of nitrogens with one attached hydrogen (secondary N) is 1. The molecule has 8 nitrogen and oxygen atoms in total. The van der Waals surface area contributed by atoms with Crippen molar-refractivity contribution in [3.63, 3.8) is 0 Å². The summed E-state index contributed by atoms with van der Waals surface area (Å²) < 4.78 is 11.0. The zero-order valence-electron chi connectivity index (χ0n) is 16.9. The molecule has 1 fully saturated rings. The monoisotopic (exact) mass is 394 g/mol. The lowest BCUT2D eigenvalue weighted by Crippen LogP contribution is -2.49. The van der Waals surface area contributed by atoms with Gasteiger partial charge in [-0.05, 0) is 42.5 Å². The van der Waals surface area contributed by atoms with Crippen molar-refractivity contribution >= 4 is 17.0 Å². The summed E-state index contributed by atoms with van der Waals surface area (Å²) in [4.78, 5) is 21.3. The first kappa shape index (κ1) is 18.2. The molecule has 1 aromatic carbocycles. The van der Waals surface area contributed by atoms with E-state index in [1.807, 2.05) is 0 Å². The second kappa shape index (κ2) is 7.51. The number of imidazole rings is 1. The molecule has 29 heavy (non-hydrogen) atoms. The zero-order valence-corrected chi connectivity index (χ0v) is 16.9. The maximum atomic E-state index is 5.52. The lowest BCUT2D eigenvalue weighted by molar-refractivity contribution is 0.159. The molecule has 0 saturated carbocycles. The minimum absolute atomic E-state index is 0.498. The standard InChI is InChI=1S/C21H26N6O2/c1-28-17-8-14-5-7-26(10-15(14)9-18(17)29-2)16-4-3-6-27(11-16)21-19-20(23-12-22-19)24-13-25-21/h8-9,12-13,16H,3-7,10-11H2,1-2H3,(H,22,23,24,25)/t16-/m1/s1. The largest absolute Gasteiger partial charge is 0.493 e. The van der Waals surface area contributed by atoms with Crippen LogP contribution in [0.25, 0.3) is 11.2 Å². The molecule has 3 aromatic rings. The van der Waals surface area contributed by atoms with E-state index in [-0.39, 0.29) is 0 Å². The maximum Gasteiger partial charge on any atom is 0.182 e. The van der Waals surface area contributed by atoms with Crippen LogP contribution in [-0.4, -0.2) is 64.7 Å². The van der Waals surface area contributed by atoms with Gasteiger partial charge in [0.2, 0.25) is 0 Å². The van der Waals surface area contributed by atoms with Gasteiger partial charge in [-0.25, -0.2) is 15.0 Å². The van der Waals surface area contributed by atoms with E-state index < -0.39 is 0 Å². The van der Waals surface area contributed by atoms with E-state index in [2.05, 4.69) is 41.9 Å². The van der Waals surface area contributed by atoms with Crippen LogP contribution in [0, 0.1) is 0 Å². The molecule has 2 aliphatic rings. The molecule has 0 aliphatic carbocycles. The first-order valence-corrected chi connectivity index (χ1v) is 10.1. The summed E-state index contributed by atoms with van der Waals surface area (Å²) >= 11 is 0. The minimum Gasteiger partial charge on any atom is -0.493 e. The van der Waals surface area contributed by atoms with Crippen LogP contribution in [0.1, 0.15) is 24.0 Å². The topological polar surface area (TPSA) is 79.4 Å². The SMILES string of the molecule is COc1cc2c(cc1OC)CN([C@@H]1CCCN(c3ncnc4nc[nH]c34)C1)CC2. The van der Waals surface area contributed by atoms with Gasteiger partial charge in [0.15, 0.2) is 23.0 Å². The highest BCUT2D eigenvalue weighted by atomic mass is 16.5. The van der Waals surface area contributed by atoms with Crippen molar-refractivity contribution in [3.8, 4) is 11.5 Å². The van der Waals surface area contributed by atoms with Gasteiger partial charge in [-0.15, -0.1) is 0 Å². The lowest BCUT2D eigenvalue weighted by atomic mass is 9.95. The number of hydrogen-bond acceptors (Lipinski definition) is 7. The molecule has 0 unspecified atom stereocenters. The molecular weight excluding hydrogens is 368 g/mol. The second-order valence-electron chi connectivity index (χ2n) is 7.74. The Morgan fingerprint density at radius 1 is 1.03 bits per heavy atom. The first-order chi connectivity index (χ1) is 14.3. The van der Waals surface area contributed by atoms with Gasteiger partial charge in [0.05, 0.1) is 20.5 Å². The van der Waals surface area contributed by atoms with Gasteiger partial charge < -0.3 is 19.4 Å². The number of fused-ring (bicyclic) bond motifs is 2. The Morgan fingerprint density at radius 3 is 2.69 bits per heavy atom. The summed E-state index contributed by atoms with van der Waals surface area (Å²) in [5.41, 5.74) is 4.35. The normalized spacial score (nSPS) is 19.9. The number of aromatic nitrogens is 4. The molecule has 2 aromatic heterocycles. The van der Waals surface area contributed by atoms with E-state index in [1.165, 1.54) is 17.5 Å². The third-order valence-electron chi connectivity index (χ3n) is 6.16. The van der Waals surface area contributed by atoms with Crippen LogP contribution in [-0.2, 0) is 13.0 Å². The molecule has 4 heterocycles. The van der Waals surface area contributed by atoms with Crippen LogP contribution in [0.5, 0.6) is 11.5 Å². The van der Waals surface area contributed by atoms with Crippen LogP contribution in [0.15, 0.2) is 24.8 Å². The summed E-state index contributed by atoms with van der Waals surface area (Å²) in [7, 11) is 3.39. The molecule has 1 saturated heterocycles. The number of H-pyrrole nitrogens is 1. The number of hydrogen-bond donors (Lipinski definition) is 1. The van der Waals surface area contributed by atoms with Crippen LogP contribution >= 0.6 is 0 Å². The number of ether oxygens (including phenoxy) is 2. The second-order valence-corrected chi connectivity index (χ2v) is 7.74. The zero-order chi connectivity index (χ0) is 19.8. The first-order valence-electron chi connectivity index (χ1n) is 10.1. The molecule has 0 spiro atoms. The highest BCUT2D eigenvalue weighted by Gasteiger charge is 2.30. The Bertz CT molecular complexity index is 1020. The summed E-state index contributed by atoms with van der Waals surface area (Å²) in [5, 5.41) is 0. The lowest BCUT2D eigenvalue weighted by Gasteiger charge is -2.42. The Balaban J connectivity index is 1.36. The average molecular weight is 394 g/mol. The number of nitrogens with zero attached hydrogens (tertiary/aromatic N) is 5. The van der Waals surface area contributed by atoms with Crippen LogP contribution in [0.2, 0.25) is 0 Å². The number of methoxy groups -OCH3 is 2. The van der Waals surface area contributed by atoms with E-state index in [0.29, 0.717) is 6.04 Å². The predicted octanol–water partition coefficient (Wildman–Crippen LogP) is 2.40. The van der Waals surface area contributed by atoms with Crippen molar-refractivity contribution in [2.24, 2.45) is 0 Å². The van der Waals surface area contributed by atoms with Gasteiger partial charge in [0.25, 0.3) is 0 Å². The third-order valence-corrected chi connectivity index (χ3v) is 6.16. The molecule has 152 valence electrons. The van der Waals surface area contributed by atoms with Gasteiger partial charge in [-0.1, -0.05) is 0 Å². The van der Waals surface area contributed by atoms with E-state index in [1.54, 1.807) is 26.9 Å². The molecule has 0 radical (unpaired) electrons. The molecule has 5 rings (SSSR count). The Hall–Kier alpha value is -2.87. The maximum absolute atomic E-state index is 5.52. The number of piperidine rings is 1. The van der Waals surface area contributed by atoms with E-state index in [9.17, 15) is 0 Å². The number of rotatable bonds is 4.